The number of fused-ring (bicyclic) bond motifs is 1. The molecule has 140 valence electrons. The summed E-state index contributed by atoms with van der Waals surface area (Å²) in [5.74, 6) is 0.591. The van der Waals surface area contributed by atoms with Crippen LogP contribution in [0.3, 0.4) is 0 Å². The molecule has 1 saturated heterocycles. The van der Waals surface area contributed by atoms with Crippen LogP contribution < -0.4 is 10.1 Å². The zero-order valence-electron chi connectivity index (χ0n) is 15.2. The summed E-state index contributed by atoms with van der Waals surface area (Å²) in [6.07, 6.45) is 7.89. The number of aryl methyl sites for hydroxylation is 1. The van der Waals surface area contributed by atoms with Crippen LogP contribution in [0.5, 0.6) is 5.75 Å². The number of aromatic nitrogens is 1. The first-order chi connectivity index (χ1) is 13.2. The number of ether oxygens (including phenoxy) is 1. The first-order valence-electron chi connectivity index (χ1n) is 9.46. The van der Waals surface area contributed by atoms with Crippen molar-refractivity contribution >= 4 is 17.5 Å². The molecule has 2 aliphatic heterocycles. The van der Waals surface area contributed by atoms with Gasteiger partial charge in [0.2, 0.25) is 5.91 Å². The molecule has 1 N–H and O–H groups in total. The second-order valence-corrected chi connectivity index (χ2v) is 7.04. The number of pyridine rings is 1. The normalized spacial score (nSPS) is 19.2. The summed E-state index contributed by atoms with van der Waals surface area (Å²) in [7, 11) is 0. The SMILES string of the molecule is O=C1CCc2ccc(OCC(=O)N3CCCC[C@H]3c3cccnc3)cc2N1. The van der Waals surface area contributed by atoms with Gasteiger partial charge < -0.3 is 15.0 Å². The third-order valence-corrected chi connectivity index (χ3v) is 5.23. The average molecular weight is 365 g/mol. The monoisotopic (exact) mass is 365 g/mol. The minimum atomic E-state index is -0.0229. The molecule has 0 radical (unpaired) electrons. The van der Waals surface area contributed by atoms with Crippen molar-refractivity contribution in [1.82, 2.24) is 9.88 Å². The number of benzene rings is 1. The predicted octanol–water partition coefficient (Wildman–Crippen LogP) is 3.10. The molecule has 27 heavy (non-hydrogen) atoms. The molecule has 1 aromatic carbocycles. The van der Waals surface area contributed by atoms with Gasteiger partial charge >= 0.3 is 0 Å². The fraction of sp³-hybridized carbons (Fsp3) is 0.381. The van der Waals surface area contributed by atoms with Crippen LogP contribution in [0, 0.1) is 0 Å². The molecule has 4 rings (SSSR count). The standard InChI is InChI=1S/C21H23N3O3/c25-20-9-7-15-6-8-17(12-18(15)23-20)27-14-21(26)24-11-2-1-5-19(24)16-4-3-10-22-13-16/h3-4,6,8,10,12-13,19H,1-2,5,7,9,11,14H2,(H,23,25)/t19-/m0/s1. The molecule has 1 fully saturated rings. The van der Waals surface area contributed by atoms with Crippen LogP contribution in [-0.2, 0) is 16.0 Å². The number of piperidine rings is 1. The van der Waals surface area contributed by atoms with Crippen LogP contribution in [0.4, 0.5) is 5.69 Å². The lowest BCUT2D eigenvalue weighted by molar-refractivity contribution is -0.137. The lowest BCUT2D eigenvalue weighted by atomic mass is 9.96. The van der Waals surface area contributed by atoms with Gasteiger partial charge in [-0.3, -0.25) is 14.6 Å². The largest absolute Gasteiger partial charge is 0.484 e. The van der Waals surface area contributed by atoms with E-state index in [-0.39, 0.29) is 24.5 Å². The minimum absolute atomic E-state index is 0.0104. The van der Waals surface area contributed by atoms with E-state index in [0.29, 0.717) is 12.2 Å². The zero-order chi connectivity index (χ0) is 18.6. The summed E-state index contributed by atoms with van der Waals surface area (Å²) in [6, 6.07) is 9.60. The van der Waals surface area contributed by atoms with Gasteiger partial charge in [0.15, 0.2) is 6.61 Å². The van der Waals surface area contributed by atoms with Gasteiger partial charge in [0, 0.05) is 37.1 Å². The molecule has 0 bridgehead atoms. The highest BCUT2D eigenvalue weighted by atomic mass is 16.5. The van der Waals surface area contributed by atoms with Gasteiger partial charge in [-0.2, -0.15) is 0 Å². The molecule has 1 atom stereocenters. The zero-order valence-corrected chi connectivity index (χ0v) is 15.2. The number of likely N-dealkylation sites (tertiary alicyclic amines) is 1. The summed E-state index contributed by atoms with van der Waals surface area (Å²) >= 11 is 0. The highest BCUT2D eigenvalue weighted by Crippen LogP contribution is 2.31. The molecule has 1 aromatic heterocycles. The molecule has 0 spiro atoms. The first kappa shape index (κ1) is 17.5. The van der Waals surface area contributed by atoms with Gasteiger partial charge in [-0.25, -0.2) is 0 Å². The van der Waals surface area contributed by atoms with E-state index in [1.807, 2.05) is 35.4 Å². The Kier molecular flexibility index (Phi) is 5.05. The Morgan fingerprint density at radius 3 is 3.04 bits per heavy atom. The second-order valence-electron chi connectivity index (χ2n) is 7.04. The van der Waals surface area contributed by atoms with Crippen molar-refractivity contribution in [3.8, 4) is 5.75 Å². The van der Waals surface area contributed by atoms with Crippen molar-refractivity contribution in [1.29, 1.82) is 0 Å². The van der Waals surface area contributed by atoms with Crippen molar-refractivity contribution in [2.45, 2.75) is 38.1 Å². The Labute approximate surface area is 158 Å². The Morgan fingerprint density at radius 2 is 2.19 bits per heavy atom. The first-order valence-corrected chi connectivity index (χ1v) is 9.46. The highest BCUT2D eigenvalue weighted by molar-refractivity contribution is 5.94. The van der Waals surface area contributed by atoms with Crippen LogP contribution in [-0.4, -0.2) is 34.8 Å². The number of nitrogens with zero attached hydrogens (tertiary/aromatic N) is 2. The lowest BCUT2D eigenvalue weighted by Crippen LogP contribution is -2.41. The maximum Gasteiger partial charge on any atom is 0.261 e. The number of nitrogens with one attached hydrogen (secondary N) is 1. The molecule has 6 nitrogen and oxygen atoms in total. The Hall–Kier alpha value is -2.89. The van der Waals surface area contributed by atoms with Gasteiger partial charge in [-0.15, -0.1) is 0 Å². The highest BCUT2D eigenvalue weighted by Gasteiger charge is 2.28. The fourth-order valence-electron chi connectivity index (χ4n) is 3.82. The summed E-state index contributed by atoms with van der Waals surface area (Å²) in [6.45, 7) is 0.728. The van der Waals surface area contributed by atoms with Crippen LogP contribution in [0.25, 0.3) is 0 Å². The van der Waals surface area contributed by atoms with Crippen LogP contribution in [0.1, 0.15) is 42.9 Å². The fourth-order valence-corrected chi connectivity index (χ4v) is 3.82. The third kappa shape index (κ3) is 3.94. The van der Waals surface area contributed by atoms with Crippen molar-refractivity contribution in [3.05, 3.63) is 53.9 Å². The molecule has 2 aromatic rings. The predicted molar refractivity (Wildman–Crippen MR) is 101 cm³/mol. The molecule has 6 heteroatoms. The van der Waals surface area contributed by atoms with E-state index in [4.69, 9.17) is 4.74 Å². The topological polar surface area (TPSA) is 71.5 Å². The van der Waals surface area contributed by atoms with E-state index in [0.717, 1.165) is 49.0 Å². The molecule has 3 heterocycles. The van der Waals surface area contributed by atoms with Gasteiger partial charge in [0.25, 0.3) is 5.91 Å². The van der Waals surface area contributed by atoms with Gasteiger partial charge in [-0.1, -0.05) is 12.1 Å². The van der Waals surface area contributed by atoms with E-state index >= 15 is 0 Å². The Morgan fingerprint density at radius 1 is 1.26 bits per heavy atom. The molecule has 0 aliphatic carbocycles. The Balaban J connectivity index is 1.42. The average Bonchev–Trinajstić information content (AvgIpc) is 2.72. The van der Waals surface area contributed by atoms with Crippen LogP contribution in [0.15, 0.2) is 42.7 Å². The summed E-state index contributed by atoms with van der Waals surface area (Å²) in [5.41, 5.74) is 2.95. The van der Waals surface area contributed by atoms with E-state index in [1.54, 1.807) is 12.3 Å². The van der Waals surface area contributed by atoms with E-state index in [2.05, 4.69) is 10.3 Å². The molecular formula is C21H23N3O3. The number of anilines is 1. The molecular weight excluding hydrogens is 342 g/mol. The molecule has 0 saturated carbocycles. The smallest absolute Gasteiger partial charge is 0.261 e. The number of hydrogen-bond acceptors (Lipinski definition) is 4. The van der Waals surface area contributed by atoms with Crippen molar-refractivity contribution in [2.24, 2.45) is 0 Å². The van der Waals surface area contributed by atoms with Crippen LogP contribution in [0.2, 0.25) is 0 Å². The molecule has 2 aliphatic rings. The minimum Gasteiger partial charge on any atom is -0.484 e. The van der Waals surface area contributed by atoms with E-state index < -0.39 is 0 Å². The van der Waals surface area contributed by atoms with Crippen molar-refractivity contribution in [2.75, 3.05) is 18.5 Å². The number of hydrogen-bond donors (Lipinski definition) is 1. The summed E-state index contributed by atoms with van der Waals surface area (Å²) in [5, 5.41) is 2.86. The summed E-state index contributed by atoms with van der Waals surface area (Å²) < 4.78 is 5.75. The third-order valence-electron chi connectivity index (χ3n) is 5.23. The number of carbonyl (C=O) groups excluding carboxylic acids is 2. The van der Waals surface area contributed by atoms with Gasteiger partial charge in [0.05, 0.1) is 6.04 Å². The van der Waals surface area contributed by atoms with Gasteiger partial charge in [-0.05, 0) is 48.9 Å². The summed E-state index contributed by atoms with van der Waals surface area (Å²) in [4.78, 5) is 30.5. The van der Waals surface area contributed by atoms with E-state index in [1.165, 1.54) is 0 Å². The van der Waals surface area contributed by atoms with Gasteiger partial charge in [0.1, 0.15) is 5.75 Å². The van der Waals surface area contributed by atoms with Crippen LogP contribution >= 0.6 is 0 Å². The number of amides is 2. The lowest BCUT2D eigenvalue weighted by Gasteiger charge is -2.35. The van der Waals surface area contributed by atoms with Crippen molar-refractivity contribution < 1.29 is 14.3 Å². The quantitative estimate of drug-likeness (QED) is 0.904. The maximum atomic E-state index is 12.8. The second kappa shape index (κ2) is 7.78. The molecule has 2 amide bonds. The van der Waals surface area contributed by atoms with E-state index in [9.17, 15) is 9.59 Å². The number of rotatable bonds is 4. The number of carbonyl (C=O) groups is 2. The maximum absolute atomic E-state index is 12.8. The van der Waals surface area contributed by atoms with Crippen molar-refractivity contribution in [3.63, 3.8) is 0 Å². The molecule has 0 unspecified atom stereocenters. The Bertz CT molecular complexity index is 838.